The Morgan fingerprint density at radius 2 is 2.28 bits per heavy atom. The number of ether oxygens (including phenoxy) is 1. The van der Waals surface area contributed by atoms with Crippen LogP contribution in [0, 0.1) is 12.7 Å². The van der Waals surface area contributed by atoms with E-state index in [4.69, 9.17) is 4.74 Å². The predicted molar refractivity (Wildman–Crippen MR) is 72.6 cm³/mol. The molecular formula is C13H15FN2OS. The second kappa shape index (κ2) is 5.93. The molecule has 5 heteroatoms. The van der Waals surface area contributed by atoms with Gasteiger partial charge in [0.15, 0.2) is 5.13 Å². The van der Waals surface area contributed by atoms with Gasteiger partial charge in [0.1, 0.15) is 5.82 Å². The number of methoxy groups -OCH3 is 1. The number of thiazole rings is 1. The molecule has 0 unspecified atom stereocenters. The Bertz CT molecular complexity index is 527. The third-order valence-electron chi connectivity index (χ3n) is 2.54. The van der Waals surface area contributed by atoms with Crippen molar-refractivity contribution in [1.82, 2.24) is 4.98 Å². The number of hydrogen-bond donors (Lipinski definition) is 1. The Morgan fingerprint density at radius 3 is 3.00 bits per heavy atom. The Morgan fingerprint density at radius 1 is 1.44 bits per heavy atom. The normalized spacial score (nSPS) is 10.6. The van der Waals surface area contributed by atoms with Crippen molar-refractivity contribution in [3.8, 4) is 10.4 Å². The molecule has 1 heterocycles. The SMILES string of the molecule is COCCNc1ncc(-c2ccc(C)c(F)c2)s1. The number of aromatic nitrogens is 1. The number of hydrogen-bond acceptors (Lipinski definition) is 4. The molecule has 0 radical (unpaired) electrons. The van der Waals surface area contributed by atoms with Gasteiger partial charge in [-0.1, -0.05) is 23.5 Å². The lowest BCUT2D eigenvalue weighted by atomic mass is 10.1. The topological polar surface area (TPSA) is 34.1 Å². The Balaban J connectivity index is 2.11. The van der Waals surface area contributed by atoms with Gasteiger partial charge >= 0.3 is 0 Å². The van der Waals surface area contributed by atoms with Crippen LogP contribution >= 0.6 is 11.3 Å². The monoisotopic (exact) mass is 266 g/mol. The highest BCUT2D eigenvalue weighted by Crippen LogP contribution is 2.29. The fraction of sp³-hybridized carbons (Fsp3) is 0.308. The lowest BCUT2D eigenvalue weighted by Gasteiger charge is -2.01. The van der Waals surface area contributed by atoms with Crippen LogP contribution in [0.15, 0.2) is 24.4 Å². The summed E-state index contributed by atoms with van der Waals surface area (Å²) in [6.45, 7) is 3.10. The van der Waals surface area contributed by atoms with Gasteiger partial charge in [-0.15, -0.1) is 0 Å². The highest BCUT2D eigenvalue weighted by molar-refractivity contribution is 7.18. The van der Waals surface area contributed by atoms with Crippen molar-refractivity contribution in [3.05, 3.63) is 35.8 Å². The molecule has 0 aliphatic carbocycles. The number of anilines is 1. The first-order valence-corrected chi connectivity index (χ1v) is 6.47. The first kappa shape index (κ1) is 13.0. The molecule has 1 aromatic carbocycles. The maximum absolute atomic E-state index is 13.5. The third kappa shape index (κ3) is 3.05. The van der Waals surface area contributed by atoms with Crippen LogP contribution in [0.1, 0.15) is 5.56 Å². The van der Waals surface area contributed by atoms with Gasteiger partial charge in [-0.25, -0.2) is 9.37 Å². The summed E-state index contributed by atoms with van der Waals surface area (Å²) >= 11 is 1.51. The van der Waals surface area contributed by atoms with Crippen molar-refractivity contribution in [1.29, 1.82) is 0 Å². The minimum absolute atomic E-state index is 0.185. The van der Waals surface area contributed by atoms with Crippen LogP contribution < -0.4 is 5.32 Å². The van der Waals surface area contributed by atoms with Crippen molar-refractivity contribution < 1.29 is 9.13 Å². The zero-order valence-electron chi connectivity index (χ0n) is 10.4. The number of nitrogens with zero attached hydrogens (tertiary/aromatic N) is 1. The van der Waals surface area contributed by atoms with Gasteiger partial charge in [-0.3, -0.25) is 0 Å². The molecule has 0 aliphatic heterocycles. The zero-order valence-corrected chi connectivity index (χ0v) is 11.2. The fourth-order valence-electron chi connectivity index (χ4n) is 1.50. The predicted octanol–water partition coefficient (Wildman–Crippen LogP) is 3.32. The molecule has 1 N–H and O–H groups in total. The van der Waals surface area contributed by atoms with E-state index in [1.165, 1.54) is 11.3 Å². The summed E-state index contributed by atoms with van der Waals surface area (Å²) in [7, 11) is 1.66. The van der Waals surface area contributed by atoms with Gasteiger partial charge in [-0.2, -0.15) is 0 Å². The van der Waals surface area contributed by atoms with E-state index in [0.29, 0.717) is 18.7 Å². The molecule has 1 aromatic heterocycles. The molecule has 0 atom stereocenters. The first-order chi connectivity index (χ1) is 8.70. The quantitative estimate of drug-likeness (QED) is 0.843. The van der Waals surface area contributed by atoms with Crippen LogP contribution in [-0.4, -0.2) is 25.2 Å². The molecule has 3 nitrogen and oxygen atoms in total. The molecule has 0 bridgehead atoms. The number of rotatable bonds is 5. The van der Waals surface area contributed by atoms with E-state index in [0.717, 1.165) is 15.6 Å². The maximum atomic E-state index is 13.5. The number of halogens is 1. The van der Waals surface area contributed by atoms with Gasteiger partial charge in [0.05, 0.1) is 11.5 Å². The van der Waals surface area contributed by atoms with Gasteiger partial charge < -0.3 is 10.1 Å². The summed E-state index contributed by atoms with van der Waals surface area (Å²) in [6.07, 6.45) is 1.75. The summed E-state index contributed by atoms with van der Waals surface area (Å²) in [5.74, 6) is -0.185. The minimum atomic E-state index is -0.185. The van der Waals surface area contributed by atoms with Crippen LogP contribution in [0.3, 0.4) is 0 Å². The summed E-state index contributed by atoms with van der Waals surface area (Å²) in [6, 6.07) is 5.23. The van der Waals surface area contributed by atoms with E-state index < -0.39 is 0 Å². The maximum Gasteiger partial charge on any atom is 0.183 e. The van der Waals surface area contributed by atoms with E-state index in [1.807, 2.05) is 6.07 Å². The Kier molecular flexibility index (Phi) is 4.28. The van der Waals surface area contributed by atoms with Gasteiger partial charge in [-0.05, 0) is 24.1 Å². The number of nitrogens with one attached hydrogen (secondary N) is 1. The lowest BCUT2D eigenvalue weighted by Crippen LogP contribution is -2.06. The Hall–Kier alpha value is -1.46. The standard InChI is InChI=1S/C13H15FN2OS/c1-9-3-4-10(7-11(9)14)12-8-16-13(18-12)15-5-6-17-2/h3-4,7-8H,5-6H2,1-2H3,(H,15,16). The van der Waals surface area contributed by atoms with E-state index in [1.54, 1.807) is 32.4 Å². The molecular weight excluding hydrogens is 251 g/mol. The minimum Gasteiger partial charge on any atom is -0.383 e. The smallest absolute Gasteiger partial charge is 0.183 e. The van der Waals surface area contributed by atoms with E-state index in [-0.39, 0.29) is 5.82 Å². The molecule has 2 aromatic rings. The third-order valence-corrected chi connectivity index (χ3v) is 3.55. The van der Waals surface area contributed by atoms with Gasteiger partial charge in [0, 0.05) is 19.9 Å². The molecule has 0 saturated carbocycles. The van der Waals surface area contributed by atoms with E-state index in [2.05, 4.69) is 10.3 Å². The van der Waals surface area contributed by atoms with Crippen molar-refractivity contribution in [2.75, 3.05) is 25.6 Å². The summed E-state index contributed by atoms with van der Waals surface area (Å²) < 4.78 is 18.4. The van der Waals surface area contributed by atoms with Crippen LogP contribution in [0.25, 0.3) is 10.4 Å². The number of aryl methyl sites for hydroxylation is 1. The molecule has 0 saturated heterocycles. The second-order valence-corrected chi connectivity index (χ2v) is 4.94. The first-order valence-electron chi connectivity index (χ1n) is 5.66. The van der Waals surface area contributed by atoms with Gasteiger partial charge in [0.2, 0.25) is 0 Å². The summed E-state index contributed by atoms with van der Waals surface area (Å²) in [4.78, 5) is 5.20. The molecule has 0 fully saturated rings. The van der Waals surface area contributed by atoms with E-state index >= 15 is 0 Å². The van der Waals surface area contributed by atoms with Crippen molar-refractivity contribution in [2.24, 2.45) is 0 Å². The fourth-order valence-corrected chi connectivity index (χ4v) is 2.33. The highest BCUT2D eigenvalue weighted by Gasteiger charge is 2.06. The van der Waals surface area contributed by atoms with E-state index in [9.17, 15) is 4.39 Å². The van der Waals surface area contributed by atoms with Crippen LogP contribution in [-0.2, 0) is 4.74 Å². The van der Waals surface area contributed by atoms with Crippen molar-refractivity contribution in [2.45, 2.75) is 6.92 Å². The highest BCUT2D eigenvalue weighted by atomic mass is 32.1. The molecule has 18 heavy (non-hydrogen) atoms. The summed E-state index contributed by atoms with van der Waals surface area (Å²) in [5, 5.41) is 3.97. The van der Waals surface area contributed by atoms with Gasteiger partial charge in [0.25, 0.3) is 0 Å². The lowest BCUT2D eigenvalue weighted by molar-refractivity contribution is 0.211. The zero-order chi connectivity index (χ0) is 13.0. The molecule has 0 amide bonds. The van der Waals surface area contributed by atoms with Crippen LogP contribution in [0.2, 0.25) is 0 Å². The Labute approximate surface area is 110 Å². The van der Waals surface area contributed by atoms with Crippen LogP contribution in [0.4, 0.5) is 9.52 Å². The second-order valence-electron chi connectivity index (χ2n) is 3.91. The molecule has 96 valence electrons. The summed E-state index contributed by atoms with van der Waals surface area (Å²) in [5.41, 5.74) is 1.51. The van der Waals surface area contributed by atoms with Crippen LogP contribution in [0.5, 0.6) is 0 Å². The average molecular weight is 266 g/mol. The van der Waals surface area contributed by atoms with Crippen molar-refractivity contribution in [3.63, 3.8) is 0 Å². The number of benzene rings is 1. The largest absolute Gasteiger partial charge is 0.383 e. The molecule has 2 rings (SSSR count). The van der Waals surface area contributed by atoms with Crippen molar-refractivity contribution >= 4 is 16.5 Å². The molecule has 0 spiro atoms. The molecule has 0 aliphatic rings. The average Bonchev–Trinajstić information content (AvgIpc) is 2.82.